The largest absolute Gasteiger partial charge is 0.337 e. The summed E-state index contributed by atoms with van der Waals surface area (Å²) < 4.78 is 2.07. The van der Waals surface area contributed by atoms with Crippen LogP contribution in [0.4, 0.5) is 5.69 Å². The van der Waals surface area contributed by atoms with Crippen molar-refractivity contribution < 1.29 is 4.79 Å². The minimum Gasteiger partial charge on any atom is -0.337 e. The Hall–Kier alpha value is -2.14. The molecule has 4 rings (SSSR count). The van der Waals surface area contributed by atoms with Crippen molar-refractivity contribution in [3.05, 3.63) is 48.0 Å². The highest BCUT2D eigenvalue weighted by atomic mass is 16.2. The van der Waals surface area contributed by atoms with Crippen molar-refractivity contribution in [3.8, 4) is 0 Å². The lowest BCUT2D eigenvalue weighted by molar-refractivity contribution is -0.124. The van der Waals surface area contributed by atoms with Crippen molar-refractivity contribution in [3.63, 3.8) is 0 Å². The summed E-state index contributed by atoms with van der Waals surface area (Å²) >= 11 is 0. The van der Waals surface area contributed by atoms with Gasteiger partial charge in [-0.3, -0.25) is 9.69 Å². The molecule has 5 nitrogen and oxygen atoms in total. The molecule has 1 saturated heterocycles. The van der Waals surface area contributed by atoms with E-state index in [0.29, 0.717) is 5.91 Å². The van der Waals surface area contributed by atoms with Gasteiger partial charge in [-0.25, -0.2) is 4.98 Å². The van der Waals surface area contributed by atoms with E-state index < -0.39 is 0 Å². The summed E-state index contributed by atoms with van der Waals surface area (Å²) in [5.41, 5.74) is 2.42. The standard InChI is InChI=1S/C20H26N4O/c1-15-13-17-5-3-4-6-18(17)24(15)20(25)16-7-10-23(11-8-16)14-19-21-9-12-22(19)2/h3-6,9,12,15-16H,7-8,10-11,13-14H2,1-2H3. The minimum absolute atomic E-state index is 0.145. The van der Waals surface area contributed by atoms with Crippen molar-refractivity contribution >= 4 is 11.6 Å². The summed E-state index contributed by atoms with van der Waals surface area (Å²) in [7, 11) is 2.03. The molecule has 1 atom stereocenters. The lowest BCUT2D eigenvalue weighted by Crippen LogP contribution is -2.44. The van der Waals surface area contributed by atoms with Crippen molar-refractivity contribution in [2.24, 2.45) is 13.0 Å². The number of hydrogen-bond donors (Lipinski definition) is 0. The summed E-state index contributed by atoms with van der Waals surface area (Å²) in [5.74, 6) is 1.55. The number of likely N-dealkylation sites (tertiary alicyclic amines) is 1. The molecule has 1 aromatic heterocycles. The molecule has 0 aliphatic carbocycles. The van der Waals surface area contributed by atoms with Gasteiger partial charge in [-0.05, 0) is 50.9 Å². The quantitative estimate of drug-likeness (QED) is 0.864. The maximum atomic E-state index is 13.1. The number of amides is 1. The molecule has 1 amide bonds. The number of aromatic nitrogens is 2. The number of benzene rings is 1. The highest BCUT2D eigenvalue weighted by Gasteiger charge is 2.35. The maximum Gasteiger partial charge on any atom is 0.230 e. The van der Waals surface area contributed by atoms with Crippen LogP contribution in [0.15, 0.2) is 36.7 Å². The molecular weight excluding hydrogens is 312 g/mol. The van der Waals surface area contributed by atoms with Crippen molar-refractivity contribution in [2.45, 2.75) is 38.8 Å². The molecule has 132 valence electrons. The Bertz CT molecular complexity index is 761. The zero-order valence-corrected chi connectivity index (χ0v) is 15.1. The number of anilines is 1. The van der Waals surface area contributed by atoms with Crippen LogP contribution in [0.3, 0.4) is 0 Å². The van der Waals surface area contributed by atoms with E-state index in [4.69, 9.17) is 0 Å². The third kappa shape index (κ3) is 3.09. The average molecular weight is 338 g/mol. The molecular formula is C20H26N4O. The summed E-state index contributed by atoms with van der Waals surface area (Å²) in [6.45, 7) is 4.96. The summed E-state index contributed by atoms with van der Waals surface area (Å²) in [6.07, 6.45) is 6.68. The Morgan fingerprint density at radius 3 is 2.72 bits per heavy atom. The molecule has 5 heteroatoms. The van der Waals surface area contributed by atoms with Crippen LogP contribution in [0.5, 0.6) is 0 Å². The van der Waals surface area contributed by atoms with Crippen LogP contribution in [0.1, 0.15) is 31.2 Å². The molecule has 2 aliphatic heterocycles. The lowest BCUT2D eigenvalue weighted by atomic mass is 9.94. The Morgan fingerprint density at radius 1 is 1.24 bits per heavy atom. The molecule has 2 aliphatic rings. The van der Waals surface area contributed by atoms with E-state index in [1.54, 1.807) is 0 Å². The minimum atomic E-state index is 0.145. The fraction of sp³-hybridized carbons (Fsp3) is 0.500. The van der Waals surface area contributed by atoms with Crippen molar-refractivity contribution in [2.75, 3.05) is 18.0 Å². The molecule has 0 spiro atoms. The van der Waals surface area contributed by atoms with Gasteiger partial charge in [0.2, 0.25) is 5.91 Å². The smallest absolute Gasteiger partial charge is 0.230 e. The first-order valence-electron chi connectivity index (χ1n) is 9.23. The SMILES string of the molecule is CC1Cc2ccccc2N1C(=O)C1CCN(Cc2nccn2C)CC1. The van der Waals surface area contributed by atoms with Crippen LogP contribution in [0.25, 0.3) is 0 Å². The molecule has 0 saturated carbocycles. The van der Waals surface area contributed by atoms with Gasteiger partial charge in [-0.2, -0.15) is 0 Å². The zero-order chi connectivity index (χ0) is 17.4. The fourth-order valence-corrected chi connectivity index (χ4v) is 4.18. The van der Waals surface area contributed by atoms with Crippen LogP contribution < -0.4 is 4.90 Å². The predicted molar refractivity (Wildman–Crippen MR) is 98.3 cm³/mol. The third-order valence-corrected chi connectivity index (χ3v) is 5.67. The Balaban J connectivity index is 1.39. The van der Waals surface area contributed by atoms with Gasteiger partial charge in [-0.15, -0.1) is 0 Å². The molecule has 2 aromatic rings. The zero-order valence-electron chi connectivity index (χ0n) is 15.1. The summed E-state index contributed by atoms with van der Waals surface area (Å²) in [6, 6.07) is 8.61. The molecule has 1 fully saturated rings. The Morgan fingerprint density at radius 2 is 2.00 bits per heavy atom. The van der Waals surface area contributed by atoms with Crippen LogP contribution in [-0.2, 0) is 24.8 Å². The number of para-hydroxylation sites is 1. The van der Waals surface area contributed by atoms with Gasteiger partial charge in [0.05, 0.1) is 6.54 Å². The molecule has 25 heavy (non-hydrogen) atoms. The Kier molecular flexibility index (Phi) is 4.34. The van der Waals surface area contributed by atoms with Crippen LogP contribution in [0.2, 0.25) is 0 Å². The lowest BCUT2D eigenvalue weighted by Gasteiger charge is -2.34. The molecule has 0 N–H and O–H groups in total. The van der Waals surface area contributed by atoms with E-state index in [2.05, 4.69) is 44.5 Å². The van der Waals surface area contributed by atoms with E-state index in [9.17, 15) is 4.79 Å². The van der Waals surface area contributed by atoms with Crippen LogP contribution in [-0.4, -0.2) is 39.5 Å². The second-order valence-corrected chi connectivity index (χ2v) is 7.39. The van der Waals surface area contributed by atoms with Gasteiger partial charge in [-0.1, -0.05) is 18.2 Å². The van der Waals surface area contributed by atoms with Gasteiger partial charge >= 0.3 is 0 Å². The summed E-state index contributed by atoms with van der Waals surface area (Å²) in [4.78, 5) is 22.0. The van der Waals surface area contributed by atoms with Gasteiger partial charge in [0.15, 0.2) is 0 Å². The van der Waals surface area contributed by atoms with Crippen LogP contribution >= 0.6 is 0 Å². The second-order valence-electron chi connectivity index (χ2n) is 7.39. The number of piperidine rings is 1. The molecule has 3 heterocycles. The molecule has 0 bridgehead atoms. The van der Waals surface area contributed by atoms with E-state index in [0.717, 1.165) is 50.4 Å². The van der Waals surface area contributed by atoms with Crippen molar-refractivity contribution in [1.29, 1.82) is 0 Å². The van der Waals surface area contributed by atoms with E-state index in [-0.39, 0.29) is 12.0 Å². The van der Waals surface area contributed by atoms with Gasteiger partial charge in [0.1, 0.15) is 5.82 Å². The van der Waals surface area contributed by atoms with Gasteiger partial charge < -0.3 is 9.47 Å². The maximum absolute atomic E-state index is 13.1. The highest BCUT2D eigenvalue weighted by Crippen LogP contribution is 2.34. The monoisotopic (exact) mass is 338 g/mol. The first kappa shape index (κ1) is 16.3. The van der Waals surface area contributed by atoms with E-state index in [1.165, 1.54) is 5.56 Å². The first-order chi connectivity index (χ1) is 12.1. The normalized spacial score (nSPS) is 21.5. The number of imidazole rings is 1. The van der Waals surface area contributed by atoms with Crippen LogP contribution in [0, 0.1) is 5.92 Å². The summed E-state index contributed by atoms with van der Waals surface area (Å²) in [5, 5.41) is 0. The topological polar surface area (TPSA) is 41.4 Å². The number of hydrogen-bond acceptors (Lipinski definition) is 3. The Labute approximate surface area is 149 Å². The van der Waals surface area contributed by atoms with Gasteiger partial charge in [0, 0.05) is 37.1 Å². The first-order valence-corrected chi connectivity index (χ1v) is 9.23. The fourth-order valence-electron chi connectivity index (χ4n) is 4.18. The predicted octanol–water partition coefficient (Wildman–Crippen LogP) is 2.61. The molecule has 1 unspecified atom stereocenters. The molecule has 0 radical (unpaired) electrons. The second kappa shape index (κ2) is 6.64. The molecule has 1 aromatic carbocycles. The number of rotatable bonds is 3. The number of nitrogens with zero attached hydrogens (tertiary/aromatic N) is 4. The van der Waals surface area contributed by atoms with E-state index >= 15 is 0 Å². The van der Waals surface area contributed by atoms with E-state index in [1.807, 2.05) is 25.5 Å². The number of carbonyl (C=O) groups excluding carboxylic acids is 1. The van der Waals surface area contributed by atoms with Gasteiger partial charge in [0.25, 0.3) is 0 Å². The third-order valence-electron chi connectivity index (χ3n) is 5.67. The highest BCUT2D eigenvalue weighted by molar-refractivity contribution is 5.97. The number of aryl methyl sites for hydroxylation is 1. The number of fused-ring (bicyclic) bond motifs is 1. The average Bonchev–Trinajstić information content (AvgIpc) is 3.17. The van der Waals surface area contributed by atoms with Crippen molar-refractivity contribution in [1.82, 2.24) is 14.5 Å². The number of carbonyl (C=O) groups is 1.